The first kappa shape index (κ1) is 22.7. The molecule has 0 saturated heterocycles. The van der Waals surface area contributed by atoms with Crippen molar-refractivity contribution in [3.8, 4) is 22.4 Å². The Balaban J connectivity index is 1.60. The molecule has 4 aromatic rings. The lowest BCUT2D eigenvalue weighted by Crippen LogP contribution is -2.31. The maximum absolute atomic E-state index is 13.8. The first-order valence-corrected chi connectivity index (χ1v) is 12.1. The predicted octanol–water partition coefficient (Wildman–Crippen LogP) is 5.31. The second-order valence-electron chi connectivity index (χ2n) is 9.31. The van der Waals surface area contributed by atoms with Crippen molar-refractivity contribution in [2.24, 2.45) is 11.7 Å². The van der Waals surface area contributed by atoms with Crippen molar-refractivity contribution < 1.29 is 0 Å². The molecule has 1 aliphatic carbocycles. The predicted molar refractivity (Wildman–Crippen MR) is 137 cm³/mol. The summed E-state index contributed by atoms with van der Waals surface area (Å²) in [6.45, 7) is 4.42. The molecule has 0 radical (unpaired) electrons. The van der Waals surface area contributed by atoms with Gasteiger partial charge >= 0.3 is 0 Å². The Hall–Kier alpha value is -3.09. The Morgan fingerprint density at radius 3 is 2.56 bits per heavy atom. The summed E-state index contributed by atoms with van der Waals surface area (Å²) in [5.41, 5.74) is 10.7. The van der Waals surface area contributed by atoms with Gasteiger partial charge in [0, 0.05) is 51.6 Å². The summed E-state index contributed by atoms with van der Waals surface area (Å²) in [5, 5.41) is 1.34. The zero-order valence-corrected chi connectivity index (χ0v) is 20.2. The van der Waals surface area contributed by atoms with Gasteiger partial charge in [0.05, 0.1) is 5.69 Å². The minimum absolute atomic E-state index is 0.0798. The van der Waals surface area contributed by atoms with Crippen molar-refractivity contribution in [3.63, 3.8) is 0 Å². The average molecular weight is 474 g/mol. The molecule has 0 bridgehead atoms. The number of hydrogen-bond acceptors (Lipinski definition) is 5. The summed E-state index contributed by atoms with van der Waals surface area (Å²) in [5.74, 6) is 1.04. The molecule has 0 aliphatic heterocycles. The number of halogens is 1. The highest BCUT2D eigenvalue weighted by Crippen LogP contribution is 2.32. The molecule has 34 heavy (non-hydrogen) atoms. The third-order valence-corrected chi connectivity index (χ3v) is 7.04. The molecule has 3 heterocycles. The van der Waals surface area contributed by atoms with E-state index in [0.717, 1.165) is 48.0 Å². The number of nitrogens with zero attached hydrogens (tertiary/aromatic N) is 4. The van der Waals surface area contributed by atoms with Gasteiger partial charge in [-0.05, 0) is 69.7 Å². The Morgan fingerprint density at radius 2 is 1.82 bits per heavy atom. The van der Waals surface area contributed by atoms with Crippen LogP contribution in [0.25, 0.3) is 33.4 Å². The van der Waals surface area contributed by atoms with Crippen LogP contribution in [0.15, 0.2) is 53.5 Å². The van der Waals surface area contributed by atoms with Gasteiger partial charge in [0.15, 0.2) is 0 Å². The third kappa shape index (κ3) is 4.48. The molecule has 1 aromatic carbocycles. The molecule has 1 aliphatic rings. The summed E-state index contributed by atoms with van der Waals surface area (Å²) in [6.07, 6.45) is 5.80. The summed E-state index contributed by atoms with van der Waals surface area (Å²) in [6, 6.07) is 13.8. The number of aryl methyl sites for hydroxylation is 2. The molecule has 3 aromatic heterocycles. The summed E-state index contributed by atoms with van der Waals surface area (Å²) >= 11 is 6.74. The maximum atomic E-state index is 13.8. The summed E-state index contributed by atoms with van der Waals surface area (Å²) in [4.78, 5) is 27.4. The summed E-state index contributed by atoms with van der Waals surface area (Å²) in [7, 11) is 0. The third-order valence-electron chi connectivity index (χ3n) is 6.72. The van der Waals surface area contributed by atoms with E-state index in [9.17, 15) is 4.79 Å². The molecule has 174 valence electrons. The number of pyridine rings is 2. The van der Waals surface area contributed by atoms with Gasteiger partial charge in [-0.2, -0.15) is 0 Å². The lowest BCUT2D eigenvalue weighted by Gasteiger charge is -2.27. The lowest BCUT2D eigenvalue weighted by molar-refractivity contribution is 0.295. The van der Waals surface area contributed by atoms with E-state index in [4.69, 9.17) is 17.3 Å². The van der Waals surface area contributed by atoms with E-state index in [-0.39, 0.29) is 11.6 Å². The standard InChI is InChI=1S/C27H28ClN5O/c1-16-4-3-5-25(31-16)19-8-11-22(24(28)13-19)23-12-20-14-30-17(2)32-26(20)33(27(23)34)15-18-6-9-21(29)10-7-18/h3-5,8,11-14,18,21H,6-7,9-10,15,29H2,1-2H3. The zero-order chi connectivity index (χ0) is 23.8. The van der Waals surface area contributed by atoms with Gasteiger partial charge < -0.3 is 5.73 Å². The van der Waals surface area contributed by atoms with Crippen LogP contribution in [0.5, 0.6) is 0 Å². The molecule has 2 N–H and O–H groups in total. The van der Waals surface area contributed by atoms with Gasteiger partial charge in [-0.3, -0.25) is 14.3 Å². The van der Waals surface area contributed by atoms with Crippen LogP contribution in [-0.2, 0) is 6.54 Å². The fraction of sp³-hybridized carbons (Fsp3) is 0.333. The van der Waals surface area contributed by atoms with Crippen LogP contribution in [0.4, 0.5) is 0 Å². The van der Waals surface area contributed by atoms with Crippen LogP contribution >= 0.6 is 11.6 Å². The topological polar surface area (TPSA) is 86.7 Å². The number of rotatable bonds is 4. The Kier molecular flexibility index (Phi) is 6.19. The highest BCUT2D eigenvalue weighted by Gasteiger charge is 2.22. The van der Waals surface area contributed by atoms with Crippen LogP contribution in [0, 0.1) is 19.8 Å². The number of fused-ring (bicyclic) bond motifs is 1. The van der Waals surface area contributed by atoms with Crippen molar-refractivity contribution in [1.29, 1.82) is 0 Å². The van der Waals surface area contributed by atoms with E-state index in [1.54, 1.807) is 6.20 Å². The molecule has 0 atom stereocenters. The molecule has 1 saturated carbocycles. The number of aromatic nitrogens is 4. The molecule has 0 unspecified atom stereocenters. The minimum atomic E-state index is -0.0798. The molecular formula is C27H28ClN5O. The smallest absolute Gasteiger partial charge is 0.260 e. The first-order valence-electron chi connectivity index (χ1n) is 11.8. The second-order valence-corrected chi connectivity index (χ2v) is 9.72. The van der Waals surface area contributed by atoms with Crippen molar-refractivity contribution in [3.05, 3.63) is 75.6 Å². The van der Waals surface area contributed by atoms with Crippen LogP contribution in [0.2, 0.25) is 5.02 Å². The fourth-order valence-corrected chi connectivity index (χ4v) is 5.11. The van der Waals surface area contributed by atoms with E-state index >= 15 is 0 Å². The first-order chi connectivity index (χ1) is 16.4. The van der Waals surface area contributed by atoms with E-state index in [2.05, 4.69) is 15.0 Å². The normalized spacial score (nSPS) is 18.4. The van der Waals surface area contributed by atoms with Crippen molar-refractivity contribution in [2.75, 3.05) is 0 Å². The molecule has 0 spiro atoms. The molecule has 6 nitrogen and oxygen atoms in total. The molecular weight excluding hydrogens is 446 g/mol. The van der Waals surface area contributed by atoms with E-state index in [1.165, 1.54) is 0 Å². The Labute approximate surface area is 203 Å². The highest BCUT2D eigenvalue weighted by molar-refractivity contribution is 6.33. The molecule has 0 amide bonds. The second kappa shape index (κ2) is 9.28. The van der Waals surface area contributed by atoms with Gasteiger partial charge in [-0.25, -0.2) is 9.97 Å². The van der Waals surface area contributed by atoms with E-state index in [1.807, 2.05) is 60.9 Å². The van der Waals surface area contributed by atoms with Crippen LogP contribution in [0.3, 0.4) is 0 Å². The van der Waals surface area contributed by atoms with Crippen LogP contribution in [-0.4, -0.2) is 25.6 Å². The van der Waals surface area contributed by atoms with Crippen molar-refractivity contribution >= 4 is 22.6 Å². The lowest BCUT2D eigenvalue weighted by atomic mass is 9.86. The molecule has 1 fully saturated rings. The van der Waals surface area contributed by atoms with Crippen molar-refractivity contribution in [2.45, 2.75) is 52.1 Å². The Bertz CT molecular complexity index is 1420. The molecule has 7 heteroatoms. The van der Waals surface area contributed by atoms with E-state index < -0.39 is 0 Å². The van der Waals surface area contributed by atoms with Crippen molar-refractivity contribution in [1.82, 2.24) is 19.5 Å². The highest BCUT2D eigenvalue weighted by atomic mass is 35.5. The quantitative estimate of drug-likeness (QED) is 0.434. The van der Waals surface area contributed by atoms with Crippen LogP contribution < -0.4 is 11.3 Å². The SMILES string of the molecule is Cc1cccc(-c2ccc(-c3cc4cnc(C)nc4n(CC4CCC(N)CC4)c3=O)c(Cl)c2)n1. The average Bonchev–Trinajstić information content (AvgIpc) is 2.82. The van der Waals surface area contributed by atoms with Gasteiger partial charge in [0.1, 0.15) is 11.5 Å². The van der Waals surface area contributed by atoms with Gasteiger partial charge in [-0.15, -0.1) is 0 Å². The zero-order valence-electron chi connectivity index (χ0n) is 19.5. The fourth-order valence-electron chi connectivity index (χ4n) is 4.83. The summed E-state index contributed by atoms with van der Waals surface area (Å²) < 4.78 is 1.81. The van der Waals surface area contributed by atoms with Crippen LogP contribution in [0.1, 0.15) is 37.2 Å². The number of benzene rings is 1. The largest absolute Gasteiger partial charge is 0.328 e. The minimum Gasteiger partial charge on any atom is -0.328 e. The monoisotopic (exact) mass is 473 g/mol. The van der Waals surface area contributed by atoms with Gasteiger partial charge in [0.2, 0.25) is 0 Å². The molecule has 5 rings (SSSR count). The number of nitrogens with two attached hydrogens (primary N) is 1. The van der Waals surface area contributed by atoms with Gasteiger partial charge in [0.25, 0.3) is 5.56 Å². The maximum Gasteiger partial charge on any atom is 0.260 e. The van der Waals surface area contributed by atoms with Gasteiger partial charge in [-0.1, -0.05) is 29.8 Å². The Morgan fingerprint density at radius 1 is 1.03 bits per heavy atom. The van der Waals surface area contributed by atoms with E-state index in [0.29, 0.717) is 40.1 Å². The number of hydrogen-bond donors (Lipinski definition) is 1.